The maximum atomic E-state index is 6.27. The highest BCUT2D eigenvalue weighted by atomic mass is 35.5. The van der Waals surface area contributed by atoms with Gasteiger partial charge < -0.3 is 10.5 Å². The van der Waals surface area contributed by atoms with Crippen LogP contribution in [0, 0.1) is 6.92 Å². The van der Waals surface area contributed by atoms with Crippen LogP contribution < -0.4 is 10.5 Å². The third-order valence-corrected chi connectivity index (χ3v) is 3.90. The lowest BCUT2D eigenvalue weighted by molar-refractivity contribution is 0.332. The Morgan fingerprint density at radius 2 is 1.95 bits per heavy atom. The Morgan fingerprint density at radius 1 is 1.26 bits per heavy atom. The molecular formula is C16H26ClNO. The Kier molecular flexibility index (Phi) is 6.67. The Balaban J connectivity index is 3.02. The highest BCUT2D eigenvalue weighted by molar-refractivity contribution is 6.31. The van der Waals surface area contributed by atoms with Gasteiger partial charge in [-0.25, -0.2) is 0 Å². The number of rotatable bonds is 7. The van der Waals surface area contributed by atoms with Crippen molar-refractivity contribution in [2.24, 2.45) is 5.73 Å². The maximum Gasteiger partial charge on any atom is 0.123 e. The van der Waals surface area contributed by atoms with Gasteiger partial charge >= 0.3 is 0 Å². The molecule has 0 fully saturated rings. The fraction of sp³-hybridized carbons (Fsp3) is 0.625. The number of halogens is 1. The largest absolute Gasteiger partial charge is 0.494 e. The van der Waals surface area contributed by atoms with E-state index in [9.17, 15) is 0 Å². The van der Waals surface area contributed by atoms with E-state index in [1.165, 1.54) is 5.56 Å². The standard InChI is InChI=1S/C16H26ClNO/c1-5-13(8-7-12(4)18)14-10-15(17)11(3)9-16(14)19-6-2/h9-10,12-13H,5-8,18H2,1-4H3. The zero-order valence-corrected chi connectivity index (χ0v) is 13.3. The zero-order chi connectivity index (χ0) is 14.4. The van der Waals surface area contributed by atoms with Crippen molar-refractivity contribution in [2.75, 3.05) is 6.61 Å². The van der Waals surface area contributed by atoms with E-state index in [0.717, 1.165) is 35.6 Å². The van der Waals surface area contributed by atoms with Gasteiger partial charge in [-0.3, -0.25) is 0 Å². The monoisotopic (exact) mass is 283 g/mol. The van der Waals surface area contributed by atoms with Crippen molar-refractivity contribution in [3.8, 4) is 5.75 Å². The minimum absolute atomic E-state index is 0.241. The molecule has 0 aliphatic heterocycles. The van der Waals surface area contributed by atoms with E-state index in [-0.39, 0.29) is 6.04 Å². The van der Waals surface area contributed by atoms with Crippen LogP contribution in [0.2, 0.25) is 5.02 Å². The lowest BCUT2D eigenvalue weighted by atomic mass is 9.89. The normalized spacial score (nSPS) is 14.2. The van der Waals surface area contributed by atoms with Crippen molar-refractivity contribution in [1.29, 1.82) is 0 Å². The van der Waals surface area contributed by atoms with Gasteiger partial charge in [0.05, 0.1) is 6.61 Å². The Hall–Kier alpha value is -0.730. The Bertz CT molecular complexity index is 404. The summed E-state index contributed by atoms with van der Waals surface area (Å²) in [7, 11) is 0. The fourth-order valence-corrected chi connectivity index (χ4v) is 2.49. The van der Waals surface area contributed by atoms with Crippen LogP contribution in [0.5, 0.6) is 5.75 Å². The molecule has 0 radical (unpaired) electrons. The van der Waals surface area contributed by atoms with Crippen LogP contribution in [0.15, 0.2) is 12.1 Å². The van der Waals surface area contributed by atoms with Gasteiger partial charge in [0.25, 0.3) is 0 Å². The van der Waals surface area contributed by atoms with Crippen LogP contribution in [0.3, 0.4) is 0 Å². The molecule has 1 aromatic carbocycles. The number of nitrogens with two attached hydrogens (primary N) is 1. The minimum atomic E-state index is 0.241. The summed E-state index contributed by atoms with van der Waals surface area (Å²) in [6, 6.07) is 4.36. The van der Waals surface area contributed by atoms with Crippen LogP contribution >= 0.6 is 11.6 Å². The highest BCUT2D eigenvalue weighted by Gasteiger charge is 2.17. The van der Waals surface area contributed by atoms with Gasteiger partial charge in [0.1, 0.15) is 5.75 Å². The second-order valence-corrected chi connectivity index (χ2v) is 5.64. The molecule has 19 heavy (non-hydrogen) atoms. The van der Waals surface area contributed by atoms with Gasteiger partial charge in [-0.2, -0.15) is 0 Å². The summed E-state index contributed by atoms with van der Waals surface area (Å²) >= 11 is 6.27. The first-order valence-electron chi connectivity index (χ1n) is 7.17. The first-order chi connectivity index (χ1) is 8.99. The summed E-state index contributed by atoms with van der Waals surface area (Å²) in [5.41, 5.74) is 8.16. The van der Waals surface area contributed by atoms with Crippen molar-refractivity contribution >= 4 is 11.6 Å². The van der Waals surface area contributed by atoms with Crippen LogP contribution in [-0.4, -0.2) is 12.6 Å². The smallest absolute Gasteiger partial charge is 0.123 e. The predicted octanol–water partition coefficient (Wildman–Crippen LogP) is 4.67. The Morgan fingerprint density at radius 3 is 2.47 bits per heavy atom. The van der Waals surface area contributed by atoms with Gasteiger partial charge in [0.2, 0.25) is 0 Å². The molecule has 0 bridgehead atoms. The minimum Gasteiger partial charge on any atom is -0.494 e. The Labute approximate surface area is 122 Å². The van der Waals surface area contributed by atoms with Gasteiger partial charge in [-0.1, -0.05) is 18.5 Å². The lowest BCUT2D eigenvalue weighted by Crippen LogP contribution is -2.16. The summed E-state index contributed by atoms with van der Waals surface area (Å²) in [4.78, 5) is 0. The predicted molar refractivity (Wildman–Crippen MR) is 83.3 cm³/mol. The summed E-state index contributed by atoms with van der Waals surface area (Å²) in [5.74, 6) is 1.44. The van der Waals surface area contributed by atoms with Crippen molar-refractivity contribution < 1.29 is 4.74 Å². The van der Waals surface area contributed by atoms with Crippen molar-refractivity contribution in [1.82, 2.24) is 0 Å². The van der Waals surface area contributed by atoms with Crippen molar-refractivity contribution in [3.05, 3.63) is 28.3 Å². The average Bonchev–Trinajstić information content (AvgIpc) is 2.35. The van der Waals surface area contributed by atoms with Crippen LogP contribution in [-0.2, 0) is 0 Å². The molecular weight excluding hydrogens is 258 g/mol. The molecule has 1 aromatic rings. The summed E-state index contributed by atoms with van der Waals surface area (Å²) < 4.78 is 5.77. The third kappa shape index (κ3) is 4.70. The number of hydrogen-bond acceptors (Lipinski definition) is 2. The first-order valence-corrected chi connectivity index (χ1v) is 7.55. The van der Waals surface area contributed by atoms with Crippen molar-refractivity contribution in [2.45, 2.75) is 58.9 Å². The van der Waals surface area contributed by atoms with E-state index < -0.39 is 0 Å². The zero-order valence-electron chi connectivity index (χ0n) is 12.5. The molecule has 2 N–H and O–H groups in total. The van der Waals surface area contributed by atoms with E-state index in [0.29, 0.717) is 12.5 Å². The molecule has 2 unspecified atom stereocenters. The molecule has 0 aromatic heterocycles. The molecule has 0 aliphatic carbocycles. The molecule has 0 aliphatic rings. The second-order valence-electron chi connectivity index (χ2n) is 5.23. The number of ether oxygens (including phenoxy) is 1. The van der Waals surface area contributed by atoms with Gasteiger partial charge in [-0.15, -0.1) is 0 Å². The molecule has 2 nitrogen and oxygen atoms in total. The van der Waals surface area contributed by atoms with Crippen molar-refractivity contribution in [3.63, 3.8) is 0 Å². The SMILES string of the molecule is CCOc1cc(C)c(Cl)cc1C(CC)CCC(C)N. The number of aryl methyl sites for hydroxylation is 1. The maximum absolute atomic E-state index is 6.27. The highest BCUT2D eigenvalue weighted by Crippen LogP contribution is 2.36. The average molecular weight is 284 g/mol. The van der Waals surface area contributed by atoms with E-state index >= 15 is 0 Å². The summed E-state index contributed by atoms with van der Waals surface area (Å²) in [6.07, 6.45) is 3.18. The summed E-state index contributed by atoms with van der Waals surface area (Å²) in [5, 5.41) is 0.817. The van der Waals surface area contributed by atoms with Gasteiger partial charge in [0.15, 0.2) is 0 Å². The lowest BCUT2D eigenvalue weighted by Gasteiger charge is -2.21. The molecule has 3 heteroatoms. The molecule has 0 saturated heterocycles. The van der Waals surface area contributed by atoms with E-state index in [4.69, 9.17) is 22.1 Å². The first kappa shape index (κ1) is 16.3. The fourth-order valence-electron chi connectivity index (χ4n) is 2.31. The molecule has 0 heterocycles. The quantitative estimate of drug-likeness (QED) is 0.789. The number of hydrogen-bond donors (Lipinski definition) is 1. The second kappa shape index (κ2) is 7.76. The van der Waals surface area contributed by atoms with E-state index in [1.54, 1.807) is 0 Å². The molecule has 0 amide bonds. The molecule has 2 atom stereocenters. The van der Waals surface area contributed by atoms with E-state index in [2.05, 4.69) is 26.0 Å². The topological polar surface area (TPSA) is 35.2 Å². The van der Waals surface area contributed by atoms with Gasteiger partial charge in [0, 0.05) is 11.1 Å². The molecule has 108 valence electrons. The van der Waals surface area contributed by atoms with Crippen LogP contribution in [0.4, 0.5) is 0 Å². The molecule has 0 saturated carbocycles. The molecule has 0 spiro atoms. The third-order valence-electron chi connectivity index (χ3n) is 3.49. The van der Waals surface area contributed by atoms with Crippen LogP contribution in [0.1, 0.15) is 57.1 Å². The molecule has 1 rings (SSSR count). The van der Waals surface area contributed by atoms with Gasteiger partial charge in [-0.05, 0) is 69.2 Å². The van der Waals surface area contributed by atoms with Crippen LogP contribution in [0.25, 0.3) is 0 Å². The van der Waals surface area contributed by atoms with E-state index in [1.807, 2.05) is 13.8 Å². The number of benzene rings is 1. The summed E-state index contributed by atoms with van der Waals surface area (Å²) in [6.45, 7) is 8.96.